The van der Waals surface area contributed by atoms with Crippen LogP contribution < -0.4 is 0 Å². The second-order valence-electron chi connectivity index (χ2n) is 15.3. The fraction of sp³-hybridized carbons (Fsp3) is 0.388. The van der Waals surface area contributed by atoms with Crippen LogP contribution in [0.25, 0.3) is 43.8 Å². The van der Waals surface area contributed by atoms with Crippen LogP contribution in [0.1, 0.15) is 125 Å². The maximum absolute atomic E-state index is 4.93. The Morgan fingerprint density at radius 1 is 0.623 bits per heavy atom. The summed E-state index contributed by atoms with van der Waals surface area (Å²) in [5, 5.41) is 5.53. The van der Waals surface area contributed by atoms with E-state index in [1.165, 1.54) is 130 Å². The molecule has 276 valence electrons. The van der Waals surface area contributed by atoms with E-state index < -0.39 is 20.8 Å². The quantitative estimate of drug-likeness (QED) is 0.116. The standard InChI is InChI=1S/C24H27.C23H25.C2H6Si.2ClH.Zr/c1-17(2)22-15-21-9-6-10-23(24(21)16-22)20-13-11-19(12-14-20)18-7-4-3-5-8-18;1-2-17-15-21-9-6-10-22(23(21)16-17)20-13-11-19(12-14-20)18-7-4-3-5-8-18;1-3-2;;;/h6,9-18H,3-5,7-8H2,1-2H3;6,9-16,18H,2-5,7-8H2,1H3;1-2H3;2*1H;/q2*-1;;;;+4/p-2. The van der Waals surface area contributed by atoms with Gasteiger partial charge in [0, 0.05) is 9.52 Å². The summed E-state index contributed by atoms with van der Waals surface area (Å²) in [7, 11) is 11.0. The van der Waals surface area contributed by atoms with E-state index in [-0.39, 0.29) is 0 Å². The van der Waals surface area contributed by atoms with Crippen LogP contribution in [-0.4, -0.2) is 9.52 Å². The van der Waals surface area contributed by atoms with Crippen molar-refractivity contribution in [2.75, 3.05) is 0 Å². The minimum absolute atomic E-state index is 0.582. The molecule has 0 unspecified atom stereocenters. The topological polar surface area (TPSA) is 0 Å². The molecule has 2 fully saturated rings. The Bertz CT molecular complexity index is 1940. The van der Waals surface area contributed by atoms with E-state index >= 15 is 0 Å². The zero-order valence-electron chi connectivity index (χ0n) is 32.7. The van der Waals surface area contributed by atoms with Gasteiger partial charge in [-0.3, -0.25) is 0 Å². The molecule has 0 heterocycles. The van der Waals surface area contributed by atoms with E-state index in [1.807, 2.05) is 0 Å². The summed E-state index contributed by atoms with van der Waals surface area (Å²) in [6.45, 7) is 11.1. The van der Waals surface area contributed by atoms with Gasteiger partial charge in [-0.2, -0.15) is 12.1 Å². The van der Waals surface area contributed by atoms with Gasteiger partial charge in [-0.15, -0.1) is 69.1 Å². The molecule has 0 spiro atoms. The Morgan fingerprint density at radius 2 is 1.04 bits per heavy atom. The van der Waals surface area contributed by atoms with Gasteiger partial charge in [0.1, 0.15) is 0 Å². The van der Waals surface area contributed by atoms with E-state index in [2.05, 4.69) is 143 Å². The van der Waals surface area contributed by atoms with Gasteiger partial charge in [-0.1, -0.05) is 144 Å². The fourth-order valence-corrected chi connectivity index (χ4v) is 8.34. The first-order valence-corrected chi connectivity index (χ1v) is 28.4. The van der Waals surface area contributed by atoms with E-state index in [9.17, 15) is 0 Å². The Hall–Kier alpha value is -2.22. The van der Waals surface area contributed by atoms with Crippen molar-refractivity contribution in [3.63, 3.8) is 0 Å². The zero-order chi connectivity index (χ0) is 37.6. The van der Waals surface area contributed by atoms with Crippen molar-refractivity contribution in [1.29, 1.82) is 0 Å². The van der Waals surface area contributed by atoms with Gasteiger partial charge in [0.05, 0.1) is 0 Å². The molecule has 0 nitrogen and oxygen atoms in total. The van der Waals surface area contributed by atoms with E-state index in [0.29, 0.717) is 5.92 Å². The molecule has 0 amide bonds. The molecule has 6 aromatic carbocycles. The summed E-state index contributed by atoms with van der Waals surface area (Å²) in [5.41, 5.74) is 11.4. The van der Waals surface area contributed by atoms with Crippen molar-refractivity contribution in [2.45, 2.75) is 122 Å². The first-order valence-electron chi connectivity index (χ1n) is 20.0. The molecular formula is C49H58Cl2SiZr. The molecule has 0 atom stereocenters. The van der Waals surface area contributed by atoms with Gasteiger partial charge >= 0.3 is 37.9 Å². The number of rotatable bonds is 6. The minimum atomic E-state index is -0.826. The van der Waals surface area contributed by atoms with Crippen LogP contribution in [0.3, 0.4) is 0 Å². The molecule has 2 aliphatic rings. The molecular weight excluding hydrogens is 779 g/mol. The molecule has 6 aromatic rings. The first-order chi connectivity index (χ1) is 25.9. The van der Waals surface area contributed by atoms with Gasteiger partial charge in [0.15, 0.2) is 0 Å². The third kappa shape index (κ3) is 11.4. The molecule has 0 N–H and O–H groups in total. The van der Waals surface area contributed by atoms with Crippen LogP contribution in [-0.2, 0) is 27.3 Å². The Morgan fingerprint density at radius 3 is 1.45 bits per heavy atom. The second-order valence-corrected chi connectivity index (χ2v) is 20.0. The molecule has 4 heteroatoms. The monoisotopic (exact) mass is 834 g/mol. The van der Waals surface area contributed by atoms with Crippen LogP contribution in [0.15, 0.2) is 109 Å². The normalized spacial score (nSPS) is 14.8. The van der Waals surface area contributed by atoms with Gasteiger partial charge in [0.25, 0.3) is 0 Å². The Kier molecular flexibility index (Phi) is 17.2. The fourth-order valence-electron chi connectivity index (χ4n) is 8.34. The molecule has 0 bridgehead atoms. The summed E-state index contributed by atoms with van der Waals surface area (Å²) >= 11 is -0.826. The molecule has 2 aliphatic carbocycles. The number of hydrogen-bond acceptors (Lipinski definition) is 0. The van der Waals surface area contributed by atoms with Crippen molar-refractivity contribution in [1.82, 2.24) is 0 Å². The van der Waals surface area contributed by atoms with Crippen LogP contribution in [0.5, 0.6) is 0 Å². The molecule has 0 aromatic heterocycles. The van der Waals surface area contributed by atoms with Crippen LogP contribution >= 0.6 is 17.0 Å². The number of hydrogen-bond donors (Lipinski definition) is 0. The van der Waals surface area contributed by atoms with E-state index in [0.717, 1.165) is 27.8 Å². The second kappa shape index (κ2) is 21.8. The van der Waals surface area contributed by atoms with Gasteiger partial charge in [-0.25, -0.2) is 0 Å². The third-order valence-electron chi connectivity index (χ3n) is 11.3. The number of fused-ring (bicyclic) bond motifs is 2. The molecule has 53 heavy (non-hydrogen) atoms. The van der Waals surface area contributed by atoms with Gasteiger partial charge in [-0.05, 0) is 72.1 Å². The molecule has 0 aliphatic heterocycles. The van der Waals surface area contributed by atoms with Crippen molar-refractivity contribution in [2.24, 2.45) is 0 Å². The van der Waals surface area contributed by atoms with Gasteiger partial charge in [0.2, 0.25) is 0 Å². The predicted molar refractivity (Wildman–Crippen MR) is 234 cm³/mol. The maximum atomic E-state index is 4.93. The molecule has 8 rings (SSSR count). The average Bonchev–Trinajstić information content (AvgIpc) is 3.85. The molecule has 2 radical (unpaired) electrons. The predicted octanol–water partition coefficient (Wildman–Crippen LogP) is 16.4. The van der Waals surface area contributed by atoms with Crippen LogP contribution in [0.4, 0.5) is 0 Å². The van der Waals surface area contributed by atoms with Gasteiger partial charge < -0.3 is 0 Å². The van der Waals surface area contributed by atoms with E-state index in [1.54, 1.807) is 0 Å². The summed E-state index contributed by atoms with van der Waals surface area (Å²) in [6.07, 6.45) is 15.0. The molecule has 2 saturated carbocycles. The Labute approximate surface area is 342 Å². The van der Waals surface area contributed by atoms with Crippen molar-refractivity contribution in [3.8, 4) is 22.3 Å². The summed E-state index contributed by atoms with van der Waals surface area (Å²) in [5.74, 6) is 2.16. The van der Waals surface area contributed by atoms with E-state index in [4.69, 9.17) is 17.0 Å². The summed E-state index contributed by atoms with van der Waals surface area (Å²) in [4.78, 5) is 0. The SMILES string of the molecule is CC(C)c1cc2c(-c3ccc(C4CCCCC4)cc3)cccc2[cH-]1.CCc1cc2c(-c3ccc(C4CCCCC4)cc3)cccc2[cH-]1.C[Si]C.[Cl][Zr+2][Cl]. The van der Waals surface area contributed by atoms with Crippen LogP contribution in [0.2, 0.25) is 13.1 Å². The molecule has 0 saturated heterocycles. The van der Waals surface area contributed by atoms with Crippen molar-refractivity contribution < 1.29 is 20.8 Å². The summed E-state index contributed by atoms with van der Waals surface area (Å²) < 4.78 is 0. The van der Waals surface area contributed by atoms with Crippen molar-refractivity contribution in [3.05, 3.63) is 131 Å². The van der Waals surface area contributed by atoms with Crippen LogP contribution in [0, 0.1) is 0 Å². The van der Waals surface area contributed by atoms with Crippen molar-refractivity contribution >= 4 is 48.1 Å². The number of halogens is 2. The first kappa shape index (κ1) is 41.9. The zero-order valence-corrected chi connectivity index (χ0v) is 37.6. The average molecular weight is 837 g/mol. The summed E-state index contributed by atoms with van der Waals surface area (Å²) in [6, 6.07) is 41.6. The number of benzene rings is 4. The number of aryl methyl sites for hydroxylation is 1. The Balaban J connectivity index is 0.000000178. The third-order valence-corrected chi connectivity index (χ3v) is 11.3.